The number of likely N-dealkylation sites (tertiary alicyclic amines) is 2. The molecule has 0 N–H and O–H groups in total. The lowest BCUT2D eigenvalue weighted by Crippen LogP contribution is -2.50. The summed E-state index contributed by atoms with van der Waals surface area (Å²) in [6.45, 7) is 8.02. The number of nitrogens with zero attached hydrogens (tertiary/aromatic N) is 7. The van der Waals surface area contributed by atoms with Gasteiger partial charge in [0.2, 0.25) is 0 Å². The van der Waals surface area contributed by atoms with Gasteiger partial charge in [-0.3, -0.25) is 9.97 Å². The normalized spacial score (nSPS) is 22.0. The molecule has 3 saturated heterocycles. The molecule has 3 aliphatic rings. The third kappa shape index (κ3) is 5.15. The van der Waals surface area contributed by atoms with Crippen LogP contribution in [0.2, 0.25) is 5.02 Å². The Hall–Kier alpha value is -3.83. The maximum absolute atomic E-state index is 16.6. The van der Waals surface area contributed by atoms with Crippen molar-refractivity contribution in [3.8, 4) is 17.3 Å². The minimum Gasteiger partial charge on any atom is -0.462 e. The Kier molecular flexibility index (Phi) is 7.20. The Labute approximate surface area is 260 Å². The molecule has 230 valence electrons. The van der Waals surface area contributed by atoms with E-state index in [0.717, 1.165) is 31.2 Å². The van der Waals surface area contributed by atoms with Gasteiger partial charge in [0.05, 0.1) is 17.5 Å². The van der Waals surface area contributed by atoms with E-state index >= 15 is 4.39 Å². The smallest absolute Gasteiger partial charge is 0.410 e. The number of amides is 1. The van der Waals surface area contributed by atoms with Crippen molar-refractivity contribution >= 4 is 45.2 Å². The molecule has 3 aromatic heterocycles. The zero-order chi connectivity index (χ0) is 30.7. The second kappa shape index (κ2) is 11.0. The minimum atomic E-state index is -0.594. The van der Waals surface area contributed by atoms with Crippen LogP contribution >= 0.6 is 11.6 Å². The lowest BCUT2D eigenvalue weighted by Gasteiger charge is -2.36. The molecular formula is C32H35ClFN7O3. The molecule has 7 rings (SSSR count). The van der Waals surface area contributed by atoms with E-state index in [1.165, 1.54) is 0 Å². The molecule has 1 amide bonds. The van der Waals surface area contributed by atoms with E-state index in [1.807, 2.05) is 32.9 Å². The van der Waals surface area contributed by atoms with E-state index in [1.54, 1.807) is 29.6 Å². The summed E-state index contributed by atoms with van der Waals surface area (Å²) < 4.78 is 28.4. The van der Waals surface area contributed by atoms with E-state index < -0.39 is 11.4 Å². The van der Waals surface area contributed by atoms with Crippen molar-refractivity contribution in [1.82, 2.24) is 29.7 Å². The zero-order valence-electron chi connectivity index (χ0n) is 25.3. The van der Waals surface area contributed by atoms with Crippen molar-refractivity contribution in [2.75, 3.05) is 38.2 Å². The fourth-order valence-corrected chi connectivity index (χ4v) is 6.98. The molecular weight excluding hydrogens is 585 g/mol. The largest absolute Gasteiger partial charge is 0.462 e. The lowest BCUT2D eigenvalue weighted by molar-refractivity contribution is 0.0214. The summed E-state index contributed by atoms with van der Waals surface area (Å²) >= 11 is 6.57. The van der Waals surface area contributed by atoms with E-state index in [9.17, 15) is 4.79 Å². The molecule has 0 aliphatic carbocycles. The van der Waals surface area contributed by atoms with Crippen LogP contribution in [0.1, 0.15) is 40.0 Å². The summed E-state index contributed by atoms with van der Waals surface area (Å²) in [6.07, 6.45) is 7.45. The van der Waals surface area contributed by atoms with Gasteiger partial charge in [-0.1, -0.05) is 23.7 Å². The highest BCUT2D eigenvalue weighted by molar-refractivity contribution is 6.36. The molecule has 0 saturated carbocycles. The molecule has 3 aliphatic heterocycles. The Morgan fingerprint density at radius 2 is 1.98 bits per heavy atom. The van der Waals surface area contributed by atoms with Crippen molar-refractivity contribution in [1.29, 1.82) is 0 Å². The van der Waals surface area contributed by atoms with Crippen LogP contribution in [0.5, 0.6) is 6.01 Å². The summed E-state index contributed by atoms with van der Waals surface area (Å²) in [6, 6.07) is 5.78. The number of hydrogen-bond acceptors (Lipinski definition) is 9. The van der Waals surface area contributed by atoms with Crippen LogP contribution in [0, 0.1) is 5.82 Å². The molecule has 6 heterocycles. The maximum Gasteiger partial charge on any atom is 0.410 e. The van der Waals surface area contributed by atoms with Gasteiger partial charge in [-0.25, -0.2) is 9.18 Å². The van der Waals surface area contributed by atoms with Crippen LogP contribution in [0.3, 0.4) is 0 Å². The van der Waals surface area contributed by atoms with Gasteiger partial charge >= 0.3 is 12.1 Å². The van der Waals surface area contributed by atoms with Crippen LogP contribution in [-0.2, 0) is 4.74 Å². The summed E-state index contributed by atoms with van der Waals surface area (Å²) in [4.78, 5) is 37.4. The van der Waals surface area contributed by atoms with Gasteiger partial charge in [0.25, 0.3) is 0 Å². The van der Waals surface area contributed by atoms with Crippen molar-refractivity contribution in [2.24, 2.45) is 0 Å². The van der Waals surface area contributed by atoms with Crippen molar-refractivity contribution < 1.29 is 18.7 Å². The first-order chi connectivity index (χ1) is 21.1. The first-order valence-electron chi connectivity index (χ1n) is 15.1. The molecule has 2 bridgehead atoms. The standard InChI is InChI=1S/C32H35ClFN7O3/c1-32(2,3)44-31(42)41-16-20-11-21(41)15-40(20)29-23-14-36-27(22-13-35-12-18-7-5-9-24(33)25(18)22)26(34)28(23)37-30(38-29)43-17-19-8-6-10-39(19)4/h5,7,9,12-14,19-21H,6,8,10-11,15-17H2,1-4H3/t19-,20?,21?/m0/s1. The summed E-state index contributed by atoms with van der Waals surface area (Å²) in [5.41, 5.74) is 0.127. The van der Waals surface area contributed by atoms with E-state index in [-0.39, 0.29) is 41.4 Å². The second-order valence-corrected chi connectivity index (χ2v) is 13.4. The van der Waals surface area contributed by atoms with Gasteiger partial charge < -0.3 is 24.2 Å². The van der Waals surface area contributed by atoms with Gasteiger partial charge in [-0.15, -0.1) is 0 Å². The van der Waals surface area contributed by atoms with E-state index in [2.05, 4.69) is 31.8 Å². The number of ether oxygens (including phenoxy) is 2. The number of hydrogen-bond donors (Lipinski definition) is 0. The quantitative estimate of drug-likeness (QED) is 0.278. The SMILES string of the molecule is CN1CCC[C@H]1COc1nc(N2CC3CC2CN3C(=O)OC(C)(C)C)c2cnc(-c3cncc4cccc(Cl)c34)c(F)c2n1. The van der Waals surface area contributed by atoms with Crippen molar-refractivity contribution in [2.45, 2.75) is 63.8 Å². The summed E-state index contributed by atoms with van der Waals surface area (Å²) in [7, 11) is 2.08. The molecule has 1 aromatic carbocycles. The molecule has 3 fully saturated rings. The highest BCUT2D eigenvalue weighted by Crippen LogP contribution is 2.40. The Morgan fingerprint density at radius 1 is 1.14 bits per heavy atom. The van der Waals surface area contributed by atoms with Crippen LogP contribution in [0.15, 0.2) is 36.8 Å². The number of aromatic nitrogens is 4. The predicted molar refractivity (Wildman–Crippen MR) is 167 cm³/mol. The Bertz CT molecular complexity index is 1760. The average molecular weight is 620 g/mol. The number of benzene rings is 1. The Morgan fingerprint density at radius 3 is 2.70 bits per heavy atom. The maximum atomic E-state index is 16.6. The van der Waals surface area contributed by atoms with Gasteiger partial charge in [-0.05, 0) is 59.7 Å². The second-order valence-electron chi connectivity index (χ2n) is 13.0. The number of carbonyl (C=O) groups excluding carboxylic acids is 1. The molecule has 12 heteroatoms. The average Bonchev–Trinajstić information content (AvgIpc) is 3.71. The highest BCUT2D eigenvalue weighted by Gasteiger charge is 2.47. The first-order valence-corrected chi connectivity index (χ1v) is 15.4. The van der Waals surface area contributed by atoms with Crippen LogP contribution in [0.4, 0.5) is 15.0 Å². The topological polar surface area (TPSA) is 96.8 Å². The van der Waals surface area contributed by atoms with E-state index in [0.29, 0.717) is 46.9 Å². The highest BCUT2D eigenvalue weighted by atomic mass is 35.5. The number of likely N-dealkylation sites (N-methyl/N-ethyl adjacent to an activating group) is 1. The fraction of sp³-hybridized carbons (Fsp3) is 0.469. The van der Waals surface area contributed by atoms with Gasteiger partial charge in [0.1, 0.15) is 29.2 Å². The summed E-state index contributed by atoms with van der Waals surface area (Å²) in [5.74, 6) is -0.0453. The number of rotatable bonds is 5. The monoisotopic (exact) mass is 619 g/mol. The van der Waals surface area contributed by atoms with Crippen LogP contribution < -0.4 is 9.64 Å². The summed E-state index contributed by atoms with van der Waals surface area (Å²) in [5, 5.41) is 2.42. The molecule has 0 spiro atoms. The molecule has 3 atom stereocenters. The van der Waals surface area contributed by atoms with Crippen LogP contribution in [0.25, 0.3) is 32.9 Å². The molecule has 10 nitrogen and oxygen atoms in total. The Balaban J connectivity index is 1.28. The molecule has 44 heavy (non-hydrogen) atoms. The number of carbonyl (C=O) groups is 1. The van der Waals surface area contributed by atoms with Gasteiger partial charge in [0.15, 0.2) is 5.82 Å². The van der Waals surface area contributed by atoms with Crippen LogP contribution in [-0.4, -0.2) is 92.8 Å². The van der Waals surface area contributed by atoms with Gasteiger partial charge in [0, 0.05) is 59.1 Å². The molecule has 2 unspecified atom stereocenters. The number of halogens is 2. The number of anilines is 1. The lowest BCUT2D eigenvalue weighted by atomic mass is 10.0. The zero-order valence-corrected chi connectivity index (χ0v) is 26.0. The third-order valence-corrected chi connectivity index (χ3v) is 9.16. The van der Waals surface area contributed by atoms with Crippen molar-refractivity contribution in [3.05, 3.63) is 47.6 Å². The predicted octanol–water partition coefficient (Wildman–Crippen LogP) is 5.70. The number of pyridine rings is 2. The fourth-order valence-electron chi connectivity index (χ4n) is 6.69. The minimum absolute atomic E-state index is 0.0109. The third-order valence-electron chi connectivity index (χ3n) is 8.85. The molecule has 4 aromatic rings. The number of piperazine rings is 1. The van der Waals surface area contributed by atoms with Crippen molar-refractivity contribution in [3.63, 3.8) is 0 Å². The van der Waals surface area contributed by atoms with E-state index in [4.69, 9.17) is 26.1 Å². The first kappa shape index (κ1) is 28.9. The van der Waals surface area contributed by atoms with Gasteiger partial charge in [-0.2, -0.15) is 9.97 Å². The molecule has 0 radical (unpaired) electrons. The number of fused-ring (bicyclic) bond motifs is 4.